The van der Waals surface area contributed by atoms with Crippen molar-refractivity contribution in [3.63, 3.8) is 0 Å². The predicted molar refractivity (Wildman–Crippen MR) is 100 cm³/mol. The summed E-state index contributed by atoms with van der Waals surface area (Å²) in [5.74, 6) is 0.0930. The fraction of sp³-hybridized carbons (Fsp3) is 0.381. The number of fused-ring (bicyclic) bond motifs is 1. The maximum Gasteiger partial charge on any atom is 0.416 e. The summed E-state index contributed by atoms with van der Waals surface area (Å²) in [6, 6.07) is 11.7. The molecule has 2 nitrogen and oxygen atoms in total. The van der Waals surface area contributed by atoms with Crippen molar-refractivity contribution in [1.29, 1.82) is 0 Å². The van der Waals surface area contributed by atoms with Gasteiger partial charge in [0.25, 0.3) is 0 Å². The van der Waals surface area contributed by atoms with Crippen LogP contribution in [0.15, 0.2) is 46.9 Å². The van der Waals surface area contributed by atoms with Crippen molar-refractivity contribution in [3.8, 4) is 0 Å². The molecule has 1 fully saturated rings. The molecule has 0 radical (unpaired) electrons. The van der Waals surface area contributed by atoms with Gasteiger partial charge in [0.2, 0.25) is 5.91 Å². The van der Waals surface area contributed by atoms with Gasteiger partial charge in [-0.1, -0.05) is 40.2 Å². The number of alkyl halides is 3. The molecule has 4 rings (SSSR count). The van der Waals surface area contributed by atoms with E-state index in [9.17, 15) is 18.0 Å². The summed E-state index contributed by atoms with van der Waals surface area (Å²) < 4.78 is 40.0. The standard InChI is InChI=1S/C21H19BrF3NO/c22-19-8-7-17(21(23,24)25)9-16(19)12-26(20(27)13-5-6-13)18-10-14-3-1-2-4-15(14)11-18/h1-4,7-9,13,18H,5-6,10-12H2. The van der Waals surface area contributed by atoms with Crippen molar-refractivity contribution < 1.29 is 18.0 Å². The summed E-state index contributed by atoms with van der Waals surface area (Å²) in [5, 5.41) is 0. The number of halogens is 4. The lowest BCUT2D eigenvalue weighted by molar-refractivity contribution is -0.137. The SMILES string of the molecule is O=C(C1CC1)N(Cc1cc(C(F)(F)F)ccc1Br)C1Cc2ccccc2C1. The Bertz CT molecular complexity index is 851. The topological polar surface area (TPSA) is 20.3 Å². The first-order valence-corrected chi connectivity index (χ1v) is 9.85. The van der Waals surface area contributed by atoms with Crippen LogP contribution in [-0.2, 0) is 30.4 Å². The fourth-order valence-corrected chi connectivity index (χ4v) is 4.14. The zero-order valence-electron chi connectivity index (χ0n) is 14.6. The van der Waals surface area contributed by atoms with E-state index in [1.54, 1.807) is 4.90 Å². The highest BCUT2D eigenvalue weighted by atomic mass is 79.9. The maximum atomic E-state index is 13.1. The number of hydrogen-bond donors (Lipinski definition) is 0. The third kappa shape index (κ3) is 3.91. The summed E-state index contributed by atoms with van der Waals surface area (Å²) in [6.45, 7) is 0.193. The van der Waals surface area contributed by atoms with Gasteiger partial charge >= 0.3 is 6.18 Å². The lowest BCUT2D eigenvalue weighted by Gasteiger charge is -2.30. The average Bonchev–Trinajstić information content (AvgIpc) is 3.38. The van der Waals surface area contributed by atoms with E-state index in [0.29, 0.717) is 10.0 Å². The van der Waals surface area contributed by atoms with Gasteiger partial charge in [-0.15, -0.1) is 0 Å². The molecule has 0 atom stereocenters. The number of carbonyl (C=O) groups excluding carboxylic acids is 1. The van der Waals surface area contributed by atoms with E-state index in [0.717, 1.165) is 37.8 Å². The summed E-state index contributed by atoms with van der Waals surface area (Å²) in [6.07, 6.45) is -1.14. The molecule has 2 aliphatic rings. The van der Waals surface area contributed by atoms with E-state index in [1.165, 1.54) is 17.2 Å². The van der Waals surface area contributed by atoms with Gasteiger partial charge in [-0.3, -0.25) is 4.79 Å². The molecule has 2 aromatic rings. The van der Waals surface area contributed by atoms with Crippen LogP contribution in [0.2, 0.25) is 0 Å². The zero-order valence-corrected chi connectivity index (χ0v) is 16.2. The quantitative estimate of drug-likeness (QED) is 0.629. The number of nitrogens with zero attached hydrogens (tertiary/aromatic N) is 1. The van der Waals surface area contributed by atoms with Gasteiger partial charge in [-0.25, -0.2) is 0 Å². The van der Waals surface area contributed by atoms with Crippen LogP contribution in [0.5, 0.6) is 0 Å². The predicted octanol–water partition coefficient (Wildman–Crippen LogP) is 5.37. The molecular formula is C21H19BrF3NO. The second-order valence-corrected chi connectivity index (χ2v) is 8.23. The van der Waals surface area contributed by atoms with Gasteiger partial charge in [0.05, 0.1) is 5.56 Å². The Morgan fingerprint density at radius 1 is 1.07 bits per heavy atom. The molecule has 0 aliphatic heterocycles. The largest absolute Gasteiger partial charge is 0.416 e. The molecule has 2 aliphatic carbocycles. The van der Waals surface area contributed by atoms with Crippen LogP contribution in [0.1, 0.15) is 35.1 Å². The van der Waals surface area contributed by atoms with Gasteiger partial charge in [0.15, 0.2) is 0 Å². The van der Waals surface area contributed by atoms with Crippen LogP contribution < -0.4 is 0 Å². The van der Waals surface area contributed by atoms with Gasteiger partial charge in [-0.2, -0.15) is 13.2 Å². The molecule has 0 bridgehead atoms. The Balaban J connectivity index is 1.62. The molecule has 142 valence electrons. The summed E-state index contributed by atoms with van der Waals surface area (Å²) in [4.78, 5) is 14.7. The van der Waals surface area contributed by atoms with E-state index < -0.39 is 11.7 Å². The Hall–Kier alpha value is -1.82. The average molecular weight is 438 g/mol. The highest BCUT2D eigenvalue weighted by Crippen LogP contribution is 2.37. The Kier molecular flexibility index (Phi) is 4.78. The van der Waals surface area contributed by atoms with Crippen molar-refractivity contribution in [1.82, 2.24) is 4.90 Å². The number of rotatable bonds is 4. The number of hydrogen-bond acceptors (Lipinski definition) is 1. The Morgan fingerprint density at radius 2 is 1.70 bits per heavy atom. The van der Waals surface area contributed by atoms with Crippen LogP contribution >= 0.6 is 15.9 Å². The van der Waals surface area contributed by atoms with Crippen LogP contribution in [0.4, 0.5) is 13.2 Å². The minimum atomic E-state index is -4.40. The first-order valence-electron chi connectivity index (χ1n) is 9.06. The molecule has 0 N–H and O–H groups in total. The molecule has 1 amide bonds. The van der Waals surface area contributed by atoms with Crippen LogP contribution in [0, 0.1) is 5.92 Å². The van der Waals surface area contributed by atoms with Crippen LogP contribution in [-0.4, -0.2) is 16.8 Å². The van der Waals surface area contributed by atoms with E-state index in [-0.39, 0.29) is 24.4 Å². The minimum absolute atomic E-state index is 0.00283. The number of carbonyl (C=O) groups is 1. The monoisotopic (exact) mass is 437 g/mol. The van der Waals surface area contributed by atoms with Gasteiger partial charge < -0.3 is 4.90 Å². The Morgan fingerprint density at radius 3 is 2.26 bits per heavy atom. The molecule has 2 aromatic carbocycles. The first kappa shape index (κ1) is 18.5. The molecule has 6 heteroatoms. The summed E-state index contributed by atoms with van der Waals surface area (Å²) in [5.41, 5.74) is 2.25. The third-order valence-electron chi connectivity index (χ3n) is 5.39. The van der Waals surface area contributed by atoms with Crippen LogP contribution in [0.3, 0.4) is 0 Å². The molecule has 0 spiro atoms. The lowest BCUT2D eigenvalue weighted by Crippen LogP contribution is -2.41. The molecule has 0 aromatic heterocycles. The summed E-state index contributed by atoms with van der Waals surface area (Å²) in [7, 11) is 0. The van der Waals surface area contributed by atoms with E-state index in [2.05, 4.69) is 28.1 Å². The molecule has 27 heavy (non-hydrogen) atoms. The molecule has 0 heterocycles. The molecule has 0 unspecified atom stereocenters. The van der Waals surface area contributed by atoms with Crippen molar-refractivity contribution in [3.05, 3.63) is 69.2 Å². The van der Waals surface area contributed by atoms with Crippen molar-refractivity contribution in [2.45, 2.75) is 44.4 Å². The lowest BCUT2D eigenvalue weighted by atomic mass is 10.1. The van der Waals surface area contributed by atoms with Crippen molar-refractivity contribution in [2.75, 3.05) is 0 Å². The highest BCUT2D eigenvalue weighted by molar-refractivity contribution is 9.10. The number of benzene rings is 2. The second-order valence-electron chi connectivity index (χ2n) is 7.38. The first-order chi connectivity index (χ1) is 12.8. The van der Waals surface area contributed by atoms with Gasteiger partial charge in [0, 0.05) is 23.0 Å². The van der Waals surface area contributed by atoms with E-state index in [1.807, 2.05) is 12.1 Å². The molecule has 0 saturated heterocycles. The van der Waals surface area contributed by atoms with Crippen molar-refractivity contribution >= 4 is 21.8 Å². The van der Waals surface area contributed by atoms with Crippen LogP contribution in [0.25, 0.3) is 0 Å². The molecular weight excluding hydrogens is 419 g/mol. The summed E-state index contributed by atoms with van der Waals surface area (Å²) >= 11 is 3.36. The van der Waals surface area contributed by atoms with Gasteiger partial charge in [-0.05, 0) is 60.6 Å². The normalized spacial score (nSPS) is 17.0. The Labute approximate surface area is 164 Å². The minimum Gasteiger partial charge on any atom is -0.334 e. The maximum absolute atomic E-state index is 13.1. The second kappa shape index (κ2) is 6.97. The molecule has 1 saturated carbocycles. The van der Waals surface area contributed by atoms with Gasteiger partial charge in [0.1, 0.15) is 0 Å². The zero-order chi connectivity index (χ0) is 19.2. The highest BCUT2D eigenvalue weighted by Gasteiger charge is 2.39. The third-order valence-corrected chi connectivity index (χ3v) is 6.17. The fourth-order valence-electron chi connectivity index (χ4n) is 3.76. The van der Waals surface area contributed by atoms with E-state index in [4.69, 9.17) is 0 Å². The van der Waals surface area contributed by atoms with Crippen molar-refractivity contribution in [2.24, 2.45) is 5.92 Å². The van der Waals surface area contributed by atoms with E-state index >= 15 is 0 Å². The smallest absolute Gasteiger partial charge is 0.334 e. The number of amides is 1.